The monoisotopic (exact) mass is 540 g/mol. The van der Waals surface area contributed by atoms with Crippen LogP contribution in [0.25, 0.3) is 0 Å². The van der Waals surface area contributed by atoms with E-state index in [0.29, 0.717) is 44.9 Å². The van der Waals surface area contributed by atoms with Crippen LogP contribution in [0.3, 0.4) is 0 Å². The van der Waals surface area contributed by atoms with Crippen LogP contribution < -0.4 is 20.9 Å². The van der Waals surface area contributed by atoms with Crippen LogP contribution in [0.5, 0.6) is 0 Å². The van der Waals surface area contributed by atoms with Gasteiger partial charge in [0.1, 0.15) is 6.61 Å². The SMILES string of the molecule is CNC(=O)c1cccc(CNC(=O)c2ccc(Cl)s2)c1NC(=O)c1ccc(N2CCOCC2=O)c(C)c1. The predicted molar refractivity (Wildman–Crippen MR) is 143 cm³/mol. The molecule has 1 saturated heterocycles. The highest BCUT2D eigenvalue weighted by atomic mass is 35.5. The van der Waals surface area contributed by atoms with Gasteiger partial charge in [0.15, 0.2) is 0 Å². The maximum absolute atomic E-state index is 13.3. The molecule has 4 rings (SSSR count). The largest absolute Gasteiger partial charge is 0.370 e. The van der Waals surface area contributed by atoms with Gasteiger partial charge in [-0.2, -0.15) is 0 Å². The highest BCUT2D eigenvalue weighted by Gasteiger charge is 2.23. The molecule has 192 valence electrons. The Bertz CT molecular complexity index is 1370. The topological polar surface area (TPSA) is 117 Å². The lowest BCUT2D eigenvalue weighted by Crippen LogP contribution is -2.42. The smallest absolute Gasteiger partial charge is 0.261 e. The Morgan fingerprint density at radius 2 is 1.89 bits per heavy atom. The lowest BCUT2D eigenvalue weighted by Gasteiger charge is -2.28. The molecule has 0 radical (unpaired) electrons. The lowest BCUT2D eigenvalue weighted by molar-refractivity contribution is -0.125. The van der Waals surface area contributed by atoms with Gasteiger partial charge < -0.3 is 25.6 Å². The average Bonchev–Trinajstić information content (AvgIpc) is 3.34. The summed E-state index contributed by atoms with van der Waals surface area (Å²) in [6.45, 7) is 2.81. The summed E-state index contributed by atoms with van der Waals surface area (Å²) in [6, 6.07) is 13.3. The van der Waals surface area contributed by atoms with Crippen molar-refractivity contribution in [2.24, 2.45) is 0 Å². The van der Waals surface area contributed by atoms with Gasteiger partial charge in [0.2, 0.25) is 0 Å². The van der Waals surface area contributed by atoms with Crippen LogP contribution >= 0.6 is 22.9 Å². The zero-order valence-corrected chi connectivity index (χ0v) is 21.8. The third-order valence-electron chi connectivity index (χ3n) is 5.83. The Balaban J connectivity index is 1.57. The van der Waals surface area contributed by atoms with Crippen LogP contribution in [0.4, 0.5) is 11.4 Å². The number of thiophene rings is 1. The fraction of sp³-hybridized carbons (Fsp3) is 0.231. The second kappa shape index (κ2) is 11.5. The van der Waals surface area contributed by atoms with E-state index in [4.69, 9.17) is 16.3 Å². The number of morpholine rings is 1. The third-order valence-corrected chi connectivity index (χ3v) is 7.06. The van der Waals surface area contributed by atoms with E-state index in [2.05, 4.69) is 16.0 Å². The Morgan fingerprint density at radius 3 is 2.57 bits per heavy atom. The molecular formula is C26H25ClN4O5S. The van der Waals surface area contributed by atoms with Crippen molar-refractivity contribution >= 4 is 57.9 Å². The van der Waals surface area contributed by atoms with Crippen LogP contribution in [0.2, 0.25) is 4.34 Å². The summed E-state index contributed by atoms with van der Waals surface area (Å²) in [6.07, 6.45) is 0. The number of nitrogens with zero attached hydrogens (tertiary/aromatic N) is 1. The van der Waals surface area contributed by atoms with Crippen molar-refractivity contribution in [1.29, 1.82) is 0 Å². The second-order valence-corrected chi connectivity index (χ2v) is 9.97. The number of amides is 4. The molecule has 4 amide bonds. The number of para-hydroxylation sites is 1. The van der Waals surface area contributed by atoms with E-state index in [0.717, 1.165) is 16.9 Å². The molecule has 0 saturated carbocycles. The molecule has 2 aromatic carbocycles. The van der Waals surface area contributed by atoms with Gasteiger partial charge in [-0.3, -0.25) is 19.2 Å². The van der Waals surface area contributed by atoms with Crippen molar-refractivity contribution in [3.05, 3.63) is 80.0 Å². The van der Waals surface area contributed by atoms with E-state index in [1.54, 1.807) is 53.4 Å². The number of ether oxygens (including phenoxy) is 1. The number of hydrogen-bond acceptors (Lipinski definition) is 6. The van der Waals surface area contributed by atoms with Crippen LogP contribution in [-0.4, -0.2) is 50.4 Å². The Morgan fingerprint density at radius 1 is 1.08 bits per heavy atom. The molecule has 3 aromatic rings. The number of benzene rings is 2. The van der Waals surface area contributed by atoms with Crippen molar-refractivity contribution in [2.45, 2.75) is 13.5 Å². The zero-order valence-electron chi connectivity index (χ0n) is 20.2. The van der Waals surface area contributed by atoms with E-state index >= 15 is 0 Å². The summed E-state index contributed by atoms with van der Waals surface area (Å²) in [5.74, 6) is -1.27. The first-order valence-corrected chi connectivity index (χ1v) is 12.7. The highest BCUT2D eigenvalue weighted by Crippen LogP contribution is 2.26. The summed E-state index contributed by atoms with van der Waals surface area (Å²) in [5, 5.41) is 8.22. The van der Waals surface area contributed by atoms with Gasteiger partial charge in [-0.05, 0) is 54.4 Å². The molecule has 0 atom stereocenters. The molecule has 1 fully saturated rings. The van der Waals surface area contributed by atoms with Crippen LogP contribution in [0.1, 0.15) is 41.5 Å². The van der Waals surface area contributed by atoms with Gasteiger partial charge in [0, 0.05) is 31.4 Å². The summed E-state index contributed by atoms with van der Waals surface area (Å²) >= 11 is 7.08. The fourth-order valence-corrected chi connectivity index (χ4v) is 4.94. The lowest BCUT2D eigenvalue weighted by atomic mass is 10.0. The molecular weight excluding hydrogens is 516 g/mol. The molecule has 1 aliphatic heterocycles. The van der Waals surface area contributed by atoms with E-state index in [-0.39, 0.29) is 36.4 Å². The number of hydrogen-bond donors (Lipinski definition) is 3. The fourth-order valence-electron chi connectivity index (χ4n) is 3.98. The number of nitrogens with one attached hydrogen (secondary N) is 3. The van der Waals surface area contributed by atoms with Crippen LogP contribution in [0.15, 0.2) is 48.5 Å². The molecule has 11 heteroatoms. The van der Waals surface area contributed by atoms with E-state index < -0.39 is 5.91 Å². The molecule has 0 spiro atoms. The standard InChI is InChI=1S/C26H25ClN4O5S/c1-15-12-16(6-7-19(15)31-10-11-36-14-22(31)32)24(33)30-23-17(4-3-5-18(23)25(34)28-2)13-29-26(35)20-8-9-21(27)37-20/h3-9,12H,10-11,13-14H2,1-2H3,(H,28,34)(H,29,35)(H,30,33). The molecule has 0 bridgehead atoms. The van der Waals surface area contributed by atoms with Crippen molar-refractivity contribution in [3.63, 3.8) is 0 Å². The number of carbonyl (C=O) groups is 4. The minimum absolute atomic E-state index is 0.0246. The van der Waals surface area contributed by atoms with Gasteiger partial charge in [0.05, 0.1) is 27.1 Å². The first-order valence-electron chi connectivity index (χ1n) is 11.5. The zero-order chi connectivity index (χ0) is 26.5. The maximum atomic E-state index is 13.3. The Labute approximate surface area is 222 Å². The van der Waals surface area contributed by atoms with Crippen molar-refractivity contribution in [3.8, 4) is 0 Å². The number of halogens is 1. The first kappa shape index (κ1) is 26.3. The average molecular weight is 541 g/mol. The quantitative estimate of drug-likeness (QED) is 0.423. The number of rotatable bonds is 7. The van der Waals surface area contributed by atoms with Crippen molar-refractivity contribution in [2.75, 3.05) is 37.0 Å². The summed E-state index contributed by atoms with van der Waals surface area (Å²) in [5.41, 5.74) is 2.93. The molecule has 0 unspecified atom stereocenters. The van der Waals surface area contributed by atoms with Gasteiger partial charge in [-0.25, -0.2) is 0 Å². The summed E-state index contributed by atoms with van der Waals surface area (Å²) in [7, 11) is 1.50. The van der Waals surface area contributed by atoms with E-state index in [1.807, 2.05) is 6.92 Å². The maximum Gasteiger partial charge on any atom is 0.261 e. The molecule has 0 aliphatic carbocycles. The van der Waals surface area contributed by atoms with Gasteiger partial charge in [0.25, 0.3) is 23.6 Å². The summed E-state index contributed by atoms with van der Waals surface area (Å²) in [4.78, 5) is 52.7. The normalized spacial score (nSPS) is 13.3. The molecule has 3 N–H and O–H groups in total. The molecule has 9 nitrogen and oxygen atoms in total. The van der Waals surface area contributed by atoms with Crippen molar-refractivity contribution < 1.29 is 23.9 Å². The molecule has 1 aliphatic rings. The van der Waals surface area contributed by atoms with Crippen LogP contribution in [-0.2, 0) is 16.1 Å². The Hall–Kier alpha value is -3.73. The van der Waals surface area contributed by atoms with Gasteiger partial charge in [-0.1, -0.05) is 23.7 Å². The summed E-state index contributed by atoms with van der Waals surface area (Å²) < 4.78 is 5.69. The number of anilines is 2. The van der Waals surface area contributed by atoms with E-state index in [1.165, 1.54) is 7.05 Å². The minimum Gasteiger partial charge on any atom is -0.370 e. The van der Waals surface area contributed by atoms with E-state index in [9.17, 15) is 19.2 Å². The Kier molecular flexibility index (Phi) is 8.22. The molecule has 37 heavy (non-hydrogen) atoms. The number of carbonyl (C=O) groups excluding carboxylic acids is 4. The van der Waals surface area contributed by atoms with Gasteiger partial charge in [-0.15, -0.1) is 11.3 Å². The van der Waals surface area contributed by atoms with Crippen molar-refractivity contribution in [1.82, 2.24) is 10.6 Å². The number of aryl methyl sites for hydroxylation is 1. The molecule has 2 heterocycles. The second-order valence-electron chi connectivity index (χ2n) is 8.26. The molecule has 1 aromatic heterocycles. The predicted octanol–water partition coefficient (Wildman–Crippen LogP) is 3.62. The third kappa shape index (κ3) is 5.99. The van der Waals surface area contributed by atoms with Gasteiger partial charge >= 0.3 is 0 Å². The minimum atomic E-state index is -0.433. The first-order chi connectivity index (χ1) is 17.8. The van der Waals surface area contributed by atoms with Crippen LogP contribution in [0, 0.1) is 6.92 Å². The highest BCUT2D eigenvalue weighted by molar-refractivity contribution is 7.18.